The zero-order valence-electron chi connectivity index (χ0n) is 10.8. The van der Waals surface area contributed by atoms with Gasteiger partial charge in [-0.15, -0.1) is 11.8 Å². The van der Waals surface area contributed by atoms with Gasteiger partial charge in [-0.1, -0.05) is 30.5 Å². The van der Waals surface area contributed by atoms with Crippen molar-refractivity contribution in [1.82, 2.24) is 0 Å². The number of aryl methyl sites for hydroxylation is 1. The van der Waals surface area contributed by atoms with E-state index in [0.717, 1.165) is 6.61 Å². The molecular weight excluding hydrogens is 228 g/mol. The molecule has 2 rings (SSSR count). The molecule has 0 bridgehead atoms. The first kappa shape index (κ1) is 13.0. The second-order valence-electron chi connectivity index (χ2n) is 4.75. The van der Waals surface area contributed by atoms with Crippen molar-refractivity contribution in [2.24, 2.45) is 0 Å². The van der Waals surface area contributed by atoms with Gasteiger partial charge < -0.3 is 4.74 Å². The van der Waals surface area contributed by atoms with Crippen molar-refractivity contribution >= 4 is 11.8 Å². The van der Waals surface area contributed by atoms with Crippen LogP contribution < -0.4 is 0 Å². The third-order valence-electron chi connectivity index (χ3n) is 3.33. The number of hydrogen-bond donors (Lipinski definition) is 0. The summed E-state index contributed by atoms with van der Waals surface area (Å²) < 4.78 is 5.87. The van der Waals surface area contributed by atoms with Crippen molar-refractivity contribution < 1.29 is 4.74 Å². The van der Waals surface area contributed by atoms with E-state index in [2.05, 4.69) is 38.1 Å². The lowest BCUT2D eigenvalue weighted by molar-refractivity contribution is 0.0415. The summed E-state index contributed by atoms with van der Waals surface area (Å²) in [6.07, 6.45) is 5.67. The van der Waals surface area contributed by atoms with Crippen molar-refractivity contribution in [1.29, 1.82) is 0 Å². The van der Waals surface area contributed by atoms with Gasteiger partial charge in [0, 0.05) is 16.8 Å². The van der Waals surface area contributed by atoms with Crippen LogP contribution >= 0.6 is 11.8 Å². The van der Waals surface area contributed by atoms with E-state index < -0.39 is 0 Å². The Kier molecular flexibility index (Phi) is 4.93. The number of ether oxygens (including phenoxy) is 1. The molecule has 17 heavy (non-hydrogen) atoms. The molecule has 0 unspecified atom stereocenters. The summed E-state index contributed by atoms with van der Waals surface area (Å²) in [5, 5.41) is 0.645. The Hall–Kier alpha value is -0.470. The molecule has 0 amide bonds. The lowest BCUT2D eigenvalue weighted by atomic mass is 9.97. The van der Waals surface area contributed by atoms with Crippen LogP contribution in [-0.4, -0.2) is 18.0 Å². The Balaban J connectivity index is 1.97. The molecule has 0 aliphatic heterocycles. The SMILES string of the molecule is CCO[C@H]1CCCC[C@@H]1Sc1ccc(C)cc1. The average Bonchev–Trinajstić information content (AvgIpc) is 2.35. The summed E-state index contributed by atoms with van der Waals surface area (Å²) in [5.41, 5.74) is 1.33. The van der Waals surface area contributed by atoms with Crippen LogP contribution in [0.2, 0.25) is 0 Å². The molecule has 1 saturated carbocycles. The van der Waals surface area contributed by atoms with E-state index in [0.29, 0.717) is 11.4 Å². The molecule has 1 aromatic rings. The fourth-order valence-electron chi connectivity index (χ4n) is 2.39. The fourth-order valence-corrected chi connectivity index (χ4v) is 3.69. The van der Waals surface area contributed by atoms with E-state index in [-0.39, 0.29) is 0 Å². The first-order chi connectivity index (χ1) is 8.29. The van der Waals surface area contributed by atoms with Crippen LogP contribution in [0.15, 0.2) is 29.2 Å². The molecule has 1 aliphatic carbocycles. The molecule has 0 heterocycles. The van der Waals surface area contributed by atoms with E-state index in [1.54, 1.807) is 0 Å². The van der Waals surface area contributed by atoms with Gasteiger partial charge in [0.05, 0.1) is 6.10 Å². The number of benzene rings is 1. The zero-order valence-corrected chi connectivity index (χ0v) is 11.6. The van der Waals surface area contributed by atoms with Crippen LogP contribution in [0.1, 0.15) is 38.2 Å². The molecule has 94 valence electrons. The molecular formula is C15H22OS. The van der Waals surface area contributed by atoms with E-state index in [9.17, 15) is 0 Å². The van der Waals surface area contributed by atoms with Crippen molar-refractivity contribution in [2.75, 3.05) is 6.61 Å². The number of hydrogen-bond acceptors (Lipinski definition) is 2. The summed E-state index contributed by atoms with van der Waals surface area (Å²) in [6.45, 7) is 5.08. The van der Waals surface area contributed by atoms with Gasteiger partial charge in [0.1, 0.15) is 0 Å². The summed E-state index contributed by atoms with van der Waals surface area (Å²) in [4.78, 5) is 1.38. The highest BCUT2D eigenvalue weighted by molar-refractivity contribution is 8.00. The van der Waals surface area contributed by atoms with E-state index in [4.69, 9.17) is 4.74 Å². The summed E-state index contributed by atoms with van der Waals surface area (Å²) in [6, 6.07) is 8.86. The molecule has 1 aliphatic rings. The second kappa shape index (κ2) is 6.46. The predicted molar refractivity (Wildman–Crippen MR) is 74.7 cm³/mol. The van der Waals surface area contributed by atoms with Crippen molar-refractivity contribution in [3.8, 4) is 0 Å². The first-order valence-electron chi connectivity index (χ1n) is 6.64. The first-order valence-corrected chi connectivity index (χ1v) is 7.52. The maximum Gasteiger partial charge on any atom is 0.0697 e. The fraction of sp³-hybridized carbons (Fsp3) is 0.600. The van der Waals surface area contributed by atoms with Crippen molar-refractivity contribution in [3.63, 3.8) is 0 Å². The summed E-state index contributed by atoms with van der Waals surface area (Å²) in [7, 11) is 0. The monoisotopic (exact) mass is 250 g/mol. The van der Waals surface area contributed by atoms with Gasteiger partial charge in [-0.3, -0.25) is 0 Å². The van der Waals surface area contributed by atoms with Gasteiger partial charge in [0.25, 0.3) is 0 Å². The Labute approximate surface area is 109 Å². The molecule has 1 fully saturated rings. The maximum atomic E-state index is 5.87. The minimum absolute atomic E-state index is 0.458. The van der Waals surface area contributed by atoms with Crippen molar-refractivity contribution in [3.05, 3.63) is 29.8 Å². The Morgan fingerprint density at radius 3 is 2.59 bits per heavy atom. The number of thioether (sulfide) groups is 1. The normalized spacial score (nSPS) is 24.8. The van der Waals surface area contributed by atoms with Gasteiger partial charge in [-0.2, -0.15) is 0 Å². The zero-order chi connectivity index (χ0) is 12.1. The average molecular weight is 250 g/mol. The Bertz CT molecular complexity index is 331. The van der Waals surface area contributed by atoms with Gasteiger partial charge in [-0.05, 0) is 38.8 Å². The molecule has 2 heteroatoms. The lowest BCUT2D eigenvalue weighted by Gasteiger charge is -2.30. The smallest absolute Gasteiger partial charge is 0.0697 e. The van der Waals surface area contributed by atoms with Gasteiger partial charge in [0.15, 0.2) is 0 Å². The summed E-state index contributed by atoms with van der Waals surface area (Å²) >= 11 is 2.00. The molecule has 0 N–H and O–H groups in total. The molecule has 1 nitrogen and oxygen atoms in total. The second-order valence-corrected chi connectivity index (χ2v) is 6.06. The topological polar surface area (TPSA) is 9.23 Å². The third-order valence-corrected chi connectivity index (χ3v) is 4.72. The quantitative estimate of drug-likeness (QED) is 0.781. The highest BCUT2D eigenvalue weighted by Crippen LogP contribution is 2.35. The van der Waals surface area contributed by atoms with Gasteiger partial charge in [-0.25, -0.2) is 0 Å². The minimum atomic E-state index is 0.458. The molecule has 0 aromatic heterocycles. The predicted octanol–water partition coefficient (Wildman–Crippen LogP) is 4.43. The molecule has 0 spiro atoms. The standard InChI is InChI=1S/C15H22OS/c1-3-16-14-6-4-5-7-15(14)17-13-10-8-12(2)9-11-13/h8-11,14-15H,3-7H2,1-2H3/t14-,15-/m0/s1. The summed E-state index contributed by atoms with van der Waals surface area (Å²) in [5.74, 6) is 0. The maximum absolute atomic E-state index is 5.87. The van der Waals surface area contributed by atoms with Gasteiger partial charge >= 0.3 is 0 Å². The minimum Gasteiger partial charge on any atom is -0.377 e. The third kappa shape index (κ3) is 3.75. The van der Waals surface area contributed by atoms with Crippen LogP contribution in [0.25, 0.3) is 0 Å². The van der Waals surface area contributed by atoms with Gasteiger partial charge in [0.2, 0.25) is 0 Å². The molecule has 0 radical (unpaired) electrons. The van der Waals surface area contributed by atoms with E-state index in [1.165, 1.54) is 36.1 Å². The molecule has 1 aromatic carbocycles. The van der Waals surface area contributed by atoms with Crippen molar-refractivity contribution in [2.45, 2.75) is 55.8 Å². The Morgan fingerprint density at radius 1 is 1.18 bits per heavy atom. The van der Waals surface area contributed by atoms with Crippen LogP contribution in [0.5, 0.6) is 0 Å². The molecule has 0 saturated heterocycles. The highest BCUT2D eigenvalue weighted by Gasteiger charge is 2.26. The molecule has 2 atom stereocenters. The Morgan fingerprint density at radius 2 is 1.88 bits per heavy atom. The highest BCUT2D eigenvalue weighted by atomic mass is 32.2. The number of rotatable bonds is 4. The van der Waals surface area contributed by atoms with Crippen LogP contribution in [0, 0.1) is 6.92 Å². The van der Waals surface area contributed by atoms with E-state index >= 15 is 0 Å². The van der Waals surface area contributed by atoms with E-state index in [1.807, 2.05) is 11.8 Å². The lowest BCUT2D eigenvalue weighted by Crippen LogP contribution is -2.30. The largest absolute Gasteiger partial charge is 0.377 e. The van der Waals surface area contributed by atoms with Crippen LogP contribution in [0.4, 0.5) is 0 Å². The van der Waals surface area contributed by atoms with Crippen LogP contribution in [-0.2, 0) is 4.74 Å². The van der Waals surface area contributed by atoms with Crippen LogP contribution in [0.3, 0.4) is 0 Å².